The summed E-state index contributed by atoms with van der Waals surface area (Å²) in [7, 11) is 0. The third-order valence-corrected chi connectivity index (χ3v) is 5.12. The average molecular weight is 210 g/mol. The molecule has 0 bridgehead atoms. The fourth-order valence-electron chi connectivity index (χ4n) is 1.97. The van der Waals surface area contributed by atoms with E-state index in [0.29, 0.717) is 12.6 Å². The highest BCUT2D eigenvalue weighted by atomic mass is 35.7. The van der Waals surface area contributed by atoms with Crippen molar-refractivity contribution in [2.45, 2.75) is 31.7 Å². The molecule has 2 fully saturated rings. The van der Waals surface area contributed by atoms with E-state index in [0.717, 1.165) is 25.8 Å². The van der Waals surface area contributed by atoms with Gasteiger partial charge in [-0.05, 0) is 30.5 Å². The number of fused-ring (bicyclic) bond motifs is 1. The molecule has 2 aliphatic rings. The van der Waals surface area contributed by atoms with Crippen LogP contribution in [0, 0.1) is 0 Å². The summed E-state index contributed by atoms with van der Waals surface area (Å²) >= 11 is 5.80. The van der Waals surface area contributed by atoms with Crippen molar-refractivity contribution in [1.29, 1.82) is 0 Å². The van der Waals surface area contributed by atoms with Crippen LogP contribution in [0.15, 0.2) is 0 Å². The highest BCUT2D eigenvalue weighted by Gasteiger charge is 2.40. The van der Waals surface area contributed by atoms with E-state index >= 15 is 0 Å². The molecule has 70 valence electrons. The number of halogens is 1. The van der Waals surface area contributed by atoms with Crippen molar-refractivity contribution in [3.63, 3.8) is 0 Å². The summed E-state index contributed by atoms with van der Waals surface area (Å²) in [6.45, 7) is -1.52. The lowest BCUT2D eigenvalue weighted by Gasteiger charge is -2.40. The molecule has 2 atom stereocenters. The highest BCUT2D eigenvalue weighted by molar-refractivity contribution is 7.83. The Balaban J connectivity index is 2.15. The summed E-state index contributed by atoms with van der Waals surface area (Å²) in [4.78, 5) is 0. The van der Waals surface area contributed by atoms with Gasteiger partial charge in [0.05, 0.1) is 6.61 Å². The minimum absolute atomic E-state index is 0.413. The second-order valence-electron chi connectivity index (χ2n) is 3.39. The van der Waals surface area contributed by atoms with E-state index in [1.165, 1.54) is 6.42 Å². The van der Waals surface area contributed by atoms with E-state index in [1.807, 2.05) is 4.67 Å². The Bertz CT molecular complexity index is 221. The average Bonchev–Trinajstić information content (AvgIpc) is 2.04. The Morgan fingerprint density at radius 3 is 3.00 bits per heavy atom. The van der Waals surface area contributed by atoms with Crippen LogP contribution in [0.4, 0.5) is 0 Å². The molecule has 0 N–H and O–H groups in total. The predicted octanol–water partition coefficient (Wildman–Crippen LogP) is 2.61. The molecule has 2 heterocycles. The molecule has 12 heavy (non-hydrogen) atoms. The minimum atomic E-state index is -2.91. The molecule has 0 aromatic rings. The van der Waals surface area contributed by atoms with Crippen molar-refractivity contribution in [3.8, 4) is 0 Å². The van der Waals surface area contributed by atoms with Gasteiger partial charge in [-0.1, -0.05) is 6.42 Å². The Hall–Kier alpha value is 0.440. The molecule has 0 saturated carbocycles. The second kappa shape index (κ2) is 3.30. The lowest BCUT2D eigenvalue weighted by molar-refractivity contribution is 0.138. The summed E-state index contributed by atoms with van der Waals surface area (Å²) in [6, 6.07) is 0.413. The molecular formula is C7H13ClNO2P. The maximum absolute atomic E-state index is 11.7. The third-order valence-electron chi connectivity index (χ3n) is 2.60. The zero-order valence-electron chi connectivity index (χ0n) is 6.91. The number of hydrogen-bond acceptors (Lipinski definition) is 2. The van der Waals surface area contributed by atoms with Gasteiger partial charge in [-0.2, -0.15) is 0 Å². The first-order valence-electron chi connectivity index (χ1n) is 4.41. The quantitative estimate of drug-likeness (QED) is 0.575. The van der Waals surface area contributed by atoms with Crippen molar-refractivity contribution in [3.05, 3.63) is 0 Å². The van der Waals surface area contributed by atoms with Crippen LogP contribution in [0.5, 0.6) is 0 Å². The van der Waals surface area contributed by atoms with Crippen LogP contribution in [0.3, 0.4) is 0 Å². The molecule has 0 aliphatic carbocycles. The summed E-state index contributed by atoms with van der Waals surface area (Å²) in [6.07, 6.45) is 4.44. The Morgan fingerprint density at radius 1 is 1.42 bits per heavy atom. The molecule has 0 spiro atoms. The zero-order valence-corrected chi connectivity index (χ0v) is 8.56. The first-order valence-corrected chi connectivity index (χ1v) is 6.90. The van der Waals surface area contributed by atoms with Crippen molar-refractivity contribution in [2.75, 3.05) is 13.2 Å². The number of rotatable bonds is 0. The Labute approximate surface area is 77.3 Å². The van der Waals surface area contributed by atoms with Gasteiger partial charge >= 0.3 is 6.87 Å². The predicted molar refractivity (Wildman–Crippen MR) is 48.4 cm³/mol. The van der Waals surface area contributed by atoms with E-state index in [9.17, 15) is 4.57 Å². The van der Waals surface area contributed by atoms with Gasteiger partial charge in [0.1, 0.15) is 0 Å². The van der Waals surface area contributed by atoms with Crippen LogP contribution in [-0.2, 0) is 9.09 Å². The normalized spacial score (nSPS) is 43.9. The Morgan fingerprint density at radius 2 is 2.25 bits per heavy atom. The van der Waals surface area contributed by atoms with Gasteiger partial charge in [-0.25, -0.2) is 4.67 Å². The molecule has 2 unspecified atom stereocenters. The largest absolute Gasteiger partial charge is 0.363 e. The first kappa shape index (κ1) is 9.01. The molecule has 5 heteroatoms. The van der Waals surface area contributed by atoms with Crippen molar-refractivity contribution in [2.24, 2.45) is 0 Å². The molecule has 0 radical (unpaired) electrons. The topological polar surface area (TPSA) is 29.5 Å². The second-order valence-corrected chi connectivity index (χ2v) is 6.34. The highest BCUT2D eigenvalue weighted by Crippen LogP contribution is 2.60. The fourth-order valence-corrected chi connectivity index (χ4v) is 4.25. The first-order chi connectivity index (χ1) is 5.70. The minimum Gasteiger partial charge on any atom is -0.306 e. The fraction of sp³-hybridized carbons (Fsp3) is 1.00. The van der Waals surface area contributed by atoms with E-state index in [-0.39, 0.29) is 0 Å². The van der Waals surface area contributed by atoms with E-state index in [2.05, 4.69) is 0 Å². The standard InChI is InChI=1S/C7H13ClNO2P/c8-12(10)9-5-2-1-3-7(9)4-6-11-12/h7H,1-6H2. The van der Waals surface area contributed by atoms with Crippen LogP contribution in [0.2, 0.25) is 0 Å². The van der Waals surface area contributed by atoms with Crippen LogP contribution < -0.4 is 0 Å². The lowest BCUT2D eigenvalue weighted by Crippen LogP contribution is -2.40. The maximum atomic E-state index is 11.7. The van der Waals surface area contributed by atoms with Crippen molar-refractivity contribution >= 4 is 18.1 Å². The van der Waals surface area contributed by atoms with Gasteiger partial charge in [0, 0.05) is 12.6 Å². The van der Waals surface area contributed by atoms with Gasteiger partial charge in [0.15, 0.2) is 0 Å². The van der Waals surface area contributed by atoms with Gasteiger partial charge in [0.25, 0.3) is 0 Å². The number of piperidine rings is 1. The summed E-state index contributed by atoms with van der Waals surface area (Å²) in [5, 5.41) is 0. The molecule has 3 nitrogen and oxygen atoms in total. The molecule has 0 aromatic carbocycles. The van der Waals surface area contributed by atoms with Crippen LogP contribution >= 0.6 is 18.1 Å². The smallest absolute Gasteiger partial charge is 0.306 e. The molecule has 0 amide bonds. The van der Waals surface area contributed by atoms with Gasteiger partial charge in [0.2, 0.25) is 0 Å². The van der Waals surface area contributed by atoms with Crippen LogP contribution in [0.1, 0.15) is 25.7 Å². The van der Waals surface area contributed by atoms with Gasteiger partial charge < -0.3 is 4.52 Å². The van der Waals surface area contributed by atoms with Crippen LogP contribution in [-0.4, -0.2) is 23.9 Å². The summed E-state index contributed by atoms with van der Waals surface area (Å²) < 4.78 is 18.6. The van der Waals surface area contributed by atoms with Crippen molar-refractivity contribution < 1.29 is 9.09 Å². The molecule has 2 saturated heterocycles. The summed E-state index contributed by atoms with van der Waals surface area (Å²) in [5.41, 5.74) is 0. The number of hydrogen-bond donors (Lipinski definition) is 0. The molecule has 0 aromatic heterocycles. The molecular weight excluding hydrogens is 197 g/mol. The monoisotopic (exact) mass is 209 g/mol. The van der Waals surface area contributed by atoms with E-state index in [1.54, 1.807) is 0 Å². The maximum Gasteiger partial charge on any atom is 0.363 e. The molecule has 2 aliphatic heterocycles. The SMILES string of the molecule is O=P1(Cl)OCCC2CCCCN21. The van der Waals surface area contributed by atoms with E-state index < -0.39 is 6.87 Å². The van der Waals surface area contributed by atoms with Gasteiger partial charge in [-0.3, -0.25) is 4.57 Å². The van der Waals surface area contributed by atoms with Crippen molar-refractivity contribution in [1.82, 2.24) is 4.67 Å². The third kappa shape index (κ3) is 1.56. The Kier molecular flexibility index (Phi) is 2.48. The number of nitrogens with zero attached hydrogens (tertiary/aromatic N) is 1. The summed E-state index contributed by atoms with van der Waals surface area (Å²) in [5.74, 6) is 0. The lowest BCUT2D eigenvalue weighted by atomic mass is 10.0. The van der Waals surface area contributed by atoms with E-state index in [4.69, 9.17) is 15.8 Å². The van der Waals surface area contributed by atoms with Gasteiger partial charge in [-0.15, -0.1) is 0 Å². The van der Waals surface area contributed by atoms with Crippen LogP contribution in [0.25, 0.3) is 0 Å². The zero-order chi connectivity index (χ0) is 8.60. The molecule has 2 rings (SSSR count).